The van der Waals surface area contributed by atoms with Crippen LogP contribution in [0.4, 0.5) is 0 Å². The number of carboxylic acid groups (broad SMARTS) is 1. The van der Waals surface area contributed by atoms with Crippen molar-refractivity contribution in [2.75, 3.05) is 0 Å². The predicted molar refractivity (Wildman–Crippen MR) is 67.9 cm³/mol. The van der Waals surface area contributed by atoms with Gasteiger partial charge in [-0.25, -0.2) is 4.79 Å². The minimum absolute atomic E-state index is 0.879. The average Bonchev–Trinajstić information content (AvgIpc) is 2.26. The maximum atomic E-state index is 10.5. The molecule has 0 bridgehead atoms. The molecule has 86 valence electrons. The lowest BCUT2D eigenvalue weighted by Crippen LogP contribution is -1.90. The monoisotopic (exact) mass is 227 g/mol. The van der Waals surface area contributed by atoms with E-state index in [0.717, 1.165) is 33.7 Å². The van der Waals surface area contributed by atoms with Crippen molar-refractivity contribution in [3.05, 3.63) is 47.2 Å². The van der Waals surface area contributed by atoms with Crippen LogP contribution in [-0.4, -0.2) is 16.1 Å². The molecule has 0 radical (unpaired) electrons. The van der Waals surface area contributed by atoms with Crippen LogP contribution in [0.1, 0.15) is 16.7 Å². The highest BCUT2D eigenvalue weighted by molar-refractivity contribution is 5.94. The molecule has 3 heteroatoms. The van der Waals surface area contributed by atoms with Gasteiger partial charge in [0.25, 0.3) is 0 Å². The van der Waals surface area contributed by atoms with Crippen LogP contribution < -0.4 is 0 Å². The third kappa shape index (κ3) is 2.33. The van der Waals surface area contributed by atoms with Crippen molar-refractivity contribution in [2.24, 2.45) is 0 Å². The van der Waals surface area contributed by atoms with Gasteiger partial charge in [0.15, 0.2) is 0 Å². The minimum atomic E-state index is -0.945. The maximum Gasteiger partial charge on any atom is 0.328 e. The molecular weight excluding hydrogens is 214 g/mol. The summed E-state index contributed by atoms with van der Waals surface area (Å²) in [6.07, 6.45) is 4.45. The van der Waals surface area contributed by atoms with E-state index in [-0.39, 0.29) is 0 Å². The minimum Gasteiger partial charge on any atom is -0.478 e. The molecule has 2 aromatic rings. The van der Waals surface area contributed by atoms with E-state index in [2.05, 4.69) is 11.1 Å². The number of hydrogen-bond donors (Lipinski definition) is 1. The Labute approximate surface area is 99.4 Å². The van der Waals surface area contributed by atoms with Crippen molar-refractivity contribution in [1.29, 1.82) is 0 Å². The lowest BCUT2D eigenvalue weighted by Gasteiger charge is -2.06. The first-order valence-corrected chi connectivity index (χ1v) is 5.35. The third-order valence-corrected chi connectivity index (χ3v) is 2.62. The Balaban J connectivity index is 2.68. The van der Waals surface area contributed by atoms with E-state index in [1.54, 1.807) is 12.3 Å². The Morgan fingerprint density at radius 2 is 2.12 bits per heavy atom. The summed E-state index contributed by atoms with van der Waals surface area (Å²) in [5.41, 5.74) is 4.05. The lowest BCUT2D eigenvalue weighted by atomic mass is 10.0. The van der Waals surface area contributed by atoms with Crippen molar-refractivity contribution < 1.29 is 9.90 Å². The molecule has 3 nitrogen and oxygen atoms in total. The van der Waals surface area contributed by atoms with Gasteiger partial charge in [0.05, 0.1) is 5.52 Å². The smallest absolute Gasteiger partial charge is 0.328 e. The first-order valence-electron chi connectivity index (χ1n) is 5.35. The summed E-state index contributed by atoms with van der Waals surface area (Å²) >= 11 is 0. The molecule has 1 heterocycles. The second-order valence-electron chi connectivity index (χ2n) is 4.05. The molecule has 2 rings (SSSR count). The highest BCUT2D eigenvalue weighted by Crippen LogP contribution is 2.22. The summed E-state index contributed by atoms with van der Waals surface area (Å²) in [6.45, 7) is 4.02. The maximum absolute atomic E-state index is 10.5. The number of aryl methyl sites for hydroxylation is 2. The zero-order valence-electron chi connectivity index (χ0n) is 9.77. The molecule has 0 spiro atoms. The average molecular weight is 227 g/mol. The number of carboxylic acids is 1. The number of rotatable bonds is 2. The van der Waals surface area contributed by atoms with Gasteiger partial charge < -0.3 is 5.11 Å². The SMILES string of the molecule is Cc1cc(C)c2nccc(C=CC(=O)O)c2c1. The van der Waals surface area contributed by atoms with Crippen molar-refractivity contribution in [3.8, 4) is 0 Å². The van der Waals surface area contributed by atoms with Gasteiger partial charge >= 0.3 is 5.97 Å². The molecule has 0 unspecified atom stereocenters. The van der Waals surface area contributed by atoms with Crippen molar-refractivity contribution in [2.45, 2.75) is 13.8 Å². The first kappa shape index (κ1) is 11.3. The molecule has 0 fully saturated rings. The Morgan fingerprint density at radius 3 is 2.82 bits per heavy atom. The van der Waals surface area contributed by atoms with Gasteiger partial charge in [-0.1, -0.05) is 11.6 Å². The quantitative estimate of drug-likeness (QED) is 0.802. The van der Waals surface area contributed by atoms with Gasteiger partial charge in [-0.2, -0.15) is 0 Å². The number of hydrogen-bond acceptors (Lipinski definition) is 2. The summed E-state index contributed by atoms with van der Waals surface area (Å²) in [4.78, 5) is 14.9. The molecule has 0 amide bonds. The van der Waals surface area contributed by atoms with Gasteiger partial charge in [-0.3, -0.25) is 4.98 Å². The van der Waals surface area contributed by atoms with Crippen LogP contribution in [0.15, 0.2) is 30.5 Å². The van der Waals surface area contributed by atoms with Crippen molar-refractivity contribution in [1.82, 2.24) is 4.98 Å². The Kier molecular flexibility index (Phi) is 2.91. The summed E-state index contributed by atoms with van der Waals surface area (Å²) in [5.74, 6) is -0.945. The summed E-state index contributed by atoms with van der Waals surface area (Å²) < 4.78 is 0. The Bertz CT molecular complexity index is 615. The van der Waals surface area contributed by atoms with E-state index in [0.29, 0.717) is 0 Å². The molecule has 17 heavy (non-hydrogen) atoms. The number of nitrogens with zero attached hydrogens (tertiary/aromatic N) is 1. The topological polar surface area (TPSA) is 50.2 Å². The van der Waals surface area contributed by atoms with Gasteiger partial charge in [0.1, 0.15) is 0 Å². The van der Waals surface area contributed by atoms with Gasteiger partial charge in [0, 0.05) is 17.7 Å². The van der Waals surface area contributed by atoms with E-state index in [4.69, 9.17) is 5.11 Å². The fourth-order valence-electron chi connectivity index (χ4n) is 1.94. The normalized spacial score (nSPS) is 11.2. The number of aliphatic carboxylic acids is 1. The third-order valence-electron chi connectivity index (χ3n) is 2.62. The highest BCUT2D eigenvalue weighted by atomic mass is 16.4. The van der Waals surface area contributed by atoms with E-state index >= 15 is 0 Å². The van der Waals surface area contributed by atoms with Crippen LogP contribution >= 0.6 is 0 Å². The van der Waals surface area contributed by atoms with E-state index in [1.807, 2.05) is 26.0 Å². The van der Waals surface area contributed by atoms with Crippen LogP contribution in [0.2, 0.25) is 0 Å². The van der Waals surface area contributed by atoms with Crippen LogP contribution in [0.5, 0.6) is 0 Å². The largest absolute Gasteiger partial charge is 0.478 e. The fourth-order valence-corrected chi connectivity index (χ4v) is 1.94. The summed E-state index contributed by atoms with van der Waals surface area (Å²) in [5, 5.41) is 9.64. The second kappa shape index (κ2) is 4.37. The zero-order chi connectivity index (χ0) is 12.4. The van der Waals surface area contributed by atoms with Gasteiger partial charge in [-0.15, -0.1) is 0 Å². The number of aromatic nitrogens is 1. The molecular formula is C14H13NO2. The summed E-state index contributed by atoms with van der Waals surface area (Å²) in [7, 11) is 0. The molecule has 0 aliphatic rings. The van der Waals surface area contributed by atoms with E-state index in [9.17, 15) is 4.79 Å². The van der Waals surface area contributed by atoms with E-state index < -0.39 is 5.97 Å². The zero-order valence-corrected chi connectivity index (χ0v) is 9.77. The number of benzene rings is 1. The Hall–Kier alpha value is -2.16. The molecule has 1 aromatic heterocycles. The van der Waals surface area contributed by atoms with Crippen LogP contribution in [-0.2, 0) is 4.79 Å². The van der Waals surface area contributed by atoms with Crippen LogP contribution in [0.25, 0.3) is 17.0 Å². The highest BCUT2D eigenvalue weighted by Gasteiger charge is 2.03. The molecule has 0 saturated carbocycles. The summed E-state index contributed by atoms with van der Waals surface area (Å²) in [6, 6.07) is 5.91. The molecule has 0 aliphatic carbocycles. The second-order valence-corrected chi connectivity index (χ2v) is 4.05. The Morgan fingerprint density at radius 1 is 1.35 bits per heavy atom. The number of pyridine rings is 1. The fraction of sp³-hybridized carbons (Fsp3) is 0.143. The standard InChI is InChI=1S/C14H13NO2/c1-9-7-10(2)14-12(8-9)11(5-6-15-14)3-4-13(16)17/h3-8H,1-2H3,(H,16,17). The molecule has 1 aromatic carbocycles. The molecule has 1 N–H and O–H groups in total. The van der Waals surface area contributed by atoms with Gasteiger partial charge in [-0.05, 0) is 43.2 Å². The van der Waals surface area contributed by atoms with Gasteiger partial charge in [0.2, 0.25) is 0 Å². The van der Waals surface area contributed by atoms with Crippen LogP contribution in [0, 0.1) is 13.8 Å². The van der Waals surface area contributed by atoms with E-state index in [1.165, 1.54) is 0 Å². The predicted octanol–water partition coefficient (Wildman–Crippen LogP) is 2.95. The number of fused-ring (bicyclic) bond motifs is 1. The van der Waals surface area contributed by atoms with Crippen molar-refractivity contribution in [3.63, 3.8) is 0 Å². The lowest BCUT2D eigenvalue weighted by molar-refractivity contribution is -0.131. The molecule has 0 atom stereocenters. The van der Waals surface area contributed by atoms with Crippen molar-refractivity contribution >= 4 is 22.9 Å². The van der Waals surface area contributed by atoms with Crippen LogP contribution in [0.3, 0.4) is 0 Å². The first-order chi connectivity index (χ1) is 8.08. The number of carbonyl (C=O) groups is 1. The molecule has 0 saturated heterocycles. The molecule has 0 aliphatic heterocycles.